The van der Waals surface area contributed by atoms with Gasteiger partial charge in [0.1, 0.15) is 5.82 Å². The van der Waals surface area contributed by atoms with Crippen molar-refractivity contribution in [1.29, 1.82) is 0 Å². The molecule has 0 atom stereocenters. The minimum Gasteiger partial charge on any atom is -0.352 e. The van der Waals surface area contributed by atoms with Crippen LogP contribution < -0.4 is 10.6 Å². The zero-order chi connectivity index (χ0) is 15.9. The van der Waals surface area contributed by atoms with Gasteiger partial charge in [-0.2, -0.15) is 0 Å². The molecule has 0 bridgehead atoms. The van der Waals surface area contributed by atoms with E-state index in [-0.39, 0.29) is 17.6 Å². The van der Waals surface area contributed by atoms with E-state index in [0.29, 0.717) is 35.5 Å². The average Bonchev–Trinajstić information content (AvgIpc) is 3.03. The van der Waals surface area contributed by atoms with Crippen LogP contribution in [0.3, 0.4) is 0 Å². The number of benzene rings is 1. The Kier molecular flexibility index (Phi) is 5.66. The summed E-state index contributed by atoms with van der Waals surface area (Å²) in [7, 11) is 0. The highest BCUT2D eigenvalue weighted by atomic mass is 32.1. The lowest BCUT2D eigenvalue weighted by molar-refractivity contribution is 0.0952. The quantitative estimate of drug-likeness (QED) is 0.804. The second kappa shape index (κ2) is 7.70. The first-order chi connectivity index (χ1) is 10.6. The van der Waals surface area contributed by atoms with E-state index >= 15 is 0 Å². The third kappa shape index (κ3) is 4.39. The number of carbonyl (C=O) groups is 2. The van der Waals surface area contributed by atoms with E-state index in [1.54, 1.807) is 13.0 Å². The standard InChI is InChI=1S/C16H17FN2O2S/c1-11-10-12(5-6-13(11)17)15(20)18-7-3-8-19-16(21)14-4-2-9-22-14/h2,4-6,9-10H,3,7-8H2,1H3,(H,18,20)(H,19,21). The van der Waals surface area contributed by atoms with Crippen molar-refractivity contribution in [2.75, 3.05) is 13.1 Å². The number of rotatable bonds is 6. The summed E-state index contributed by atoms with van der Waals surface area (Å²) in [6.07, 6.45) is 0.628. The molecule has 6 heteroatoms. The van der Waals surface area contributed by atoms with Gasteiger partial charge < -0.3 is 10.6 Å². The number of hydrogen-bond donors (Lipinski definition) is 2. The summed E-state index contributed by atoms with van der Waals surface area (Å²) >= 11 is 1.39. The summed E-state index contributed by atoms with van der Waals surface area (Å²) in [5.74, 6) is -0.670. The maximum Gasteiger partial charge on any atom is 0.261 e. The van der Waals surface area contributed by atoms with E-state index in [2.05, 4.69) is 10.6 Å². The Morgan fingerprint density at radius 3 is 2.50 bits per heavy atom. The van der Waals surface area contributed by atoms with Crippen LogP contribution in [0.5, 0.6) is 0 Å². The largest absolute Gasteiger partial charge is 0.352 e. The van der Waals surface area contributed by atoms with Gasteiger partial charge in [-0.3, -0.25) is 9.59 Å². The first-order valence-electron chi connectivity index (χ1n) is 6.94. The molecule has 0 aliphatic carbocycles. The van der Waals surface area contributed by atoms with Crippen LogP contribution in [-0.2, 0) is 0 Å². The highest BCUT2D eigenvalue weighted by Gasteiger charge is 2.08. The van der Waals surface area contributed by atoms with Gasteiger partial charge in [-0.1, -0.05) is 6.07 Å². The molecular weight excluding hydrogens is 303 g/mol. The maximum atomic E-state index is 13.1. The fraction of sp³-hybridized carbons (Fsp3) is 0.250. The van der Waals surface area contributed by atoms with E-state index in [1.807, 2.05) is 11.4 Å². The van der Waals surface area contributed by atoms with Crippen molar-refractivity contribution in [2.24, 2.45) is 0 Å². The van der Waals surface area contributed by atoms with Gasteiger partial charge >= 0.3 is 0 Å². The smallest absolute Gasteiger partial charge is 0.261 e. The first-order valence-corrected chi connectivity index (χ1v) is 7.82. The minimum absolute atomic E-state index is 0.101. The predicted octanol–water partition coefficient (Wildman–Crippen LogP) is 2.75. The molecule has 0 saturated carbocycles. The fourth-order valence-corrected chi connectivity index (χ4v) is 2.52. The molecule has 2 aromatic rings. The second-order valence-corrected chi connectivity index (χ2v) is 5.75. The summed E-state index contributed by atoms with van der Waals surface area (Å²) < 4.78 is 13.1. The number of aryl methyl sites for hydroxylation is 1. The van der Waals surface area contributed by atoms with Crippen molar-refractivity contribution in [3.8, 4) is 0 Å². The lowest BCUT2D eigenvalue weighted by Crippen LogP contribution is -2.29. The second-order valence-electron chi connectivity index (χ2n) is 4.81. The van der Waals surface area contributed by atoms with Crippen LogP contribution in [0.25, 0.3) is 0 Å². The molecule has 0 spiro atoms. The van der Waals surface area contributed by atoms with Crippen LogP contribution in [0.4, 0.5) is 4.39 Å². The molecule has 0 aliphatic rings. The summed E-state index contributed by atoms with van der Waals surface area (Å²) in [6.45, 7) is 2.55. The van der Waals surface area contributed by atoms with Crippen LogP contribution in [0.2, 0.25) is 0 Å². The molecule has 0 radical (unpaired) electrons. The summed E-state index contributed by atoms with van der Waals surface area (Å²) in [6, 6.07) is 7.84. The molecule has 2 rings (SSSR count). The molecule has 2 amide bonds. The SMILES string of the molecule is Cc1cc(C(=O)NCCCNC(=O)c2cccs2)ccc1F. The van der Waals surface area contributed by atoms with Crippen LogP contribution in [0.15, 0.2) is 35.7 Å². The third-order valence-corrected chi connectivity index (χ3v) is 3.96. The zero-order valence-electron chi connectivity index (χ0n) is 12.2. The van der Waals surface area contributed by atoms with Gasteiger partial charge in [-0.15, -0.1) is 11.3 Å². The Labute approximate surface area is 132 Å². The predicted molar refractivity (Wildman–Crippen MR) is 84.7 cm³/mol. The molecular formula is C16H17FN2O2S. The van der Waals surface area contributed by atoms with Gasteiger partial charge in [0.2, 0.25) is 0 Å². The van der Waals surface area contributed by atoms with E-state index in [9.17, 15) is 14.0 Å². The topological polar surface area (TPSA) is 58.2 Å². The molecule has 1 aromatic heterocycles. The molecule has 0 unspecified atom stereocenters. The van der Waals surface area contributed by atoms with Crippen molar-refractivity contribution < 1.29 is 14.0 Å². The maximum absolute atomic E-state index is 13.1. The Morgan fingerprint density at radius 1 is 1.14 bits per heavy atom. The first kappa shape index (κ1) is 16.2. The zero-order valence-corrected chi connectivity index (χ0v) is 13.0. The van der Waals surface area contributed by atoms with E-state index in [1.165, 1.54) is 29.5 Å². The number of halogens is 1. The Morgan fingerprint density at radius 2 is 1.86 bits per heavy atom. The van der Waals surface area contributed by atoms with Gasteiger partial charge in [0.15, 0.2) is 0 Å². The minimum atomic E-state index is -0.326. The molecule has 2 N–H and O–H groups in total. The summed E-state index contributed by atoms with van der Waals surface area (Å²) in [5.41, 5.74) is 0.873. The van der Waals surface area contributed by atoms with Crippen LogP contribution in [0.1, 0.15) is 32.0 Å². The van der Waals surface area contributed by atoms with E-state index in [4.69, 9.17) is 0 Å². The monoisotopic (exact) mass is 320 g/mol. The Hall–Kier alpha value is -2.21. The third-order valence-electron chi connectivity index (χ3n) is 3.09. The molecule has 1 heterocycles. The van der Waals surface area contributed by atoms with Crippen molar-refractivity contribution in [1.82, 2.24) is 10.6 Å². The van der Waals surface area contributed by atoms with Gasteiger partial charge in [-0.25, -0.2) is 4.39 Å². The fourth-order valence-electron chi connectivity index (χ4n) is 1.88. The molecule has 4 nitrogen and oxygen atoms in total. The number of carbonyl (C=O) groups excluding carboxylic acids is 2. The van der Waals surface area contributed by atoms with Crippen LogP contribution in [0, 0.1) is 12.7 Å². The average molecular weight is 320 g/mol. The molecule has 0 saturated heterocycles. The van der Waals surface area contributed by atoms with Gasteiger partial charge in [0.25, 0.3) is 11.8 Å². The Balaban J connectivity index is 1.69. The van der Waals surface area contributed by atoms with E-state index in [0.717, 1.165) is 0 Å². The lowest BCUT2D eigenvalue weighted by atomic mass is 10.1. The lowest BCUT2D eigenvalue weighted by Gasteiger charge is -2.07. The molecule has 1 aromatic carbocycles. The van der Waals surface area contributed by atoms with Crippen LogP contribution in [-0.4, -0.2) is 24.9 Å². The number of hydrogen-bond acceptors (Lipinski definition) is 3. The van der Waals surface area contributed by atoms with Crippen molar-refractivity contribution in [2.45, 2.75) is 13.3 Å². The van der Waals surface area contributed by atoms with Crippen molar-refractivity contribution in [3.63, 3.8) is 0 Å². The molecule has 22 heavy (non-hydrogen) atoms. The van der Waals surface area contributed by atoms with Gasteiger partial charge in [0.05, 0.1) is 4.88 Å². The summed E-state index contributed by atoms with van der Waals surface area (Å²) in [5, 5.41) is 7.38. The number of thiophene rings is 1. The molecule has 116 valence electrons. The normalized spacial score (nSPS) is 10.3. The van der Waals surface area contributed by atoms with Gasteiger partial charge in [-0.05, 0) is 48.6 Å². The van der Waals surface area contributed by atoms with E-state index < -0.39 is 0 Å². The number of nitrogens with one attached hydrogen (secondary N) is 2. The summed E-state index contributed by atoms with van der Waals surface area (Å²) in [4.78, 5) is 24.2. The highest BCUT2D eigenvalue weighted by Crippen LogP contribution is 2.09. The number of amides is 2. The van der Waals surface area contributed by atoms with Crippen molar-refractivity contribution in [3.05, 3.63) is 57.5 Å². The van der Waals surface area contributed by atoms with Gasteiger partial charge in [0, 0.05) is 18.7 Å². The van der Waals surface area contributed by atoms with Crippen LogP contribution >= 0.6 is 11.3 Å². The highest BCUT2D eigenvalue weighted by molar-refractivity contribution is 7.12. The molecule has 0 aliphatic heterocycles. The van der Waals surface area contributed by atoms with Crippen molar-refractivity contribution >= 4 is 23.2 Å². The molecule has 0 fully saturated rings. The Bertz CT molecular complexity index is 656.